The Morgan fingerprint density at radius 3 is 2.58 bits per heavy atom. The average molecular weight is 263 g/mol. The maximum atomic E-state index is 5.28. The molecule has 1 aromatic rings. The lowest BCUT2D eigenvalue weighted by Crippen LogP contribution is -2.24. The molecule has 0 N–H and O–H groups in total. The SMILES string of the molecule is CC.COC(CN1[C@@H]2c3ccccc3CC[C@@H]21)OC. The Balaban J connectivity index is 0.000000637. The van der Waals surface area contributed by atoms with Gasteiger partial charge in [-0.25, -0.2) is 0 Å². The molecule has 3 nitrogen and oxygen atoms in total. The number of hydrogen-bond acceptors (Lipinski definition) is 3. The fourth-order valence-corrected chi connectivity index (χ4v) is 3.06. The molecule has 3 heteroatoms. The zero-order valence-corrected chi connectivity index (χ0v) is 12.4. The van der Waals surface area contributed by atoms with Gasteiger partial charge in [0.1, 0.15) is 0 Å². The third-order valence-electron chi connectivity index (χ3n) is 4.03. The molecule has 1 aliphatic carbocycles. The van der Waals surface area contributed by atoms with Gasteiger partial charge in [-0.15, -0.1) is 0 Å². The van der Waals surface area contributed by atoms with Crippen LogP contribution in [0.15, 0.2) is 24.3 Å². The zero-order chi connectivity index (χ0) is 13.8. The number of aryl methyl sites for hydroxylation is 1. The second-order valence-electron chi connectivity index (χ2n) is 4.85. The van der Waals surface area contributed by atoms with E-state index < -0.39 is 0 Å². The second kappa shape index (κ2) is 6.51. The number of nitrogens with zero attached hydrogens (tertiary/aromatic N) is 1. The molecule has 3 rings (SSSR count). The van der Waals surface area contributed by atoms with Crippen molar-refractivity contribution in [3.05, 3.63) is 35.4 Å². The highest BCUT2D eigenvalue weighted by molar-refractivity contribution is 5.38. The molecule has 0 bridgehead atoms. The van der Waals surface area contributed by atoms with E-state index in [1.807, 2.05) is 13.8 Å². The minimum absolute atomic E-state index is 0.104. The maximum Gasteiger partial charge on any atom is 0.169 e. The van der Waals surface area contributed by atoms with Crippen molar-refractivity contribution < 1.29 is 9.47 Å². The average Bonchev–Trinajstić information content (AvgIpc) is 3.20. The molecule has 0 radical (unpaired) electrons. The number of ether oxygens (including phenoxy) is 2. The van der Waals surface area contributed by atoms with Crippen LogP contribution in [0.5, 0.6) is 0 Å². The first kappa shape index (κ1) is 14.5. The van der Waals surface area contributed by atoms with Gasteiger partial charge >= 0.3 is 0 Å². The van der Waals surface area contributed by atoms with Gasteiger partial charge < -0.3 is 9.47 Å². The second-order valence-corrected chi connectivity index (χ2v) is 4.85. The minimum Gasteiger partial charge on any atom is -0.355 e. The Bertz CT molecular complexity index is 403. The summed E-state index contributed by atoms with van der Waals surface area (Å²) in [6.07, 6.45) is 2.37. The van der Waals surface area contributed by atoms with Crippen molar-refractivity contribution in [1.82, 2.24) is 4.90 Å². The quantitative estimate of drug-likeness (QED) is 0.615. The van der Waals surface area contributed by atoms with Crippen molar-refractivity contribution in [1.29, 1.82) is 0 Å². The summed E-state index contributed by atoms with van der Waals surface area (Å²) in [7, 11) is 3.41. The molecule has 0 saturated carbocycles. The first-order valence-corrected chi connectivity index (χ1v) is 7.24. The van der Waals surface area contributed by atoms with Crippen LogP contribution in [0.1, 0.15) is 37.4 Å². The van der Waals surface area contributed by atoms with Gasteiger partial charge in [0, 0.05) is 20.3 Å². The lowest BCUT2D eigenvalue weighted by molar-refractivity contribution is -0.108. The van der Waals surface area contributed by atoms with Crippen LogP contribution in [0.2, 0.25) is 0 Å². The molecule has 0 amide bonds. The highest BCUT2D eigenvalue weighted by Gasteiger charge is 2.51. The van der Waals surface area contributed by atoms with Crippen molar-refractivity contribution in [2.45, 2.75) is 45.1 Å². The van der Waals surface area contributed by atoms with Crippen LogP contribution in [0.4, 0.5) is 0 Å². The number of fused-ring (bicyclic) bond motifs is 3. The van der Waals surface area contributed by atoms with Crippen molar-refractivity contribution in [3.8, 4) is 0 Å². The number of hydrogen-bond donors (Lipinski definition) is 0. The number of methoxy groups -OCH3 is 2. The summed E-state index contributed by atoms with van der Waals surface area (Å²) in [6, 6.07) is 10.1. The summed E-state index contributed by atoms with van der Waals surface area (Å²) in [4.78, 5) is 2.49. The van der Waals surface area contributed by atoms with Gasteiger partial charge in [-0.2, -0.15) is 0 Å². The summed E-state index contributed by atoms with van der Waals surface area (Å²) < 4.78 is 10.6. The van der Waals surface area contributed by atoms with E-state index in [1.54, 1.807) is 14.2 Å². The lowest BCUT2D eigenvalue weighted by Gasteiger charge is -2.14. The van der Waals surface area contributed by atoms with Gasteiger partial charge in [0.05, 0.1) is 12.6 Å². The molecule has 1 fully saturated rings. The maximum absolute atomic E-state index is 5.28. The van der Waals surface area contributed by atoms with Crippen molar-refractivity contribution in [2.75, 3.05) is 20.8 Å². The molecule has 1 unspecified atom stereocenters. The monoisotopic (exact) mass is 263 g/mol. The fraction of sp³-hybridized carbons (Fsp3) is 0.625. The van der Waals surface area contributed by atoms with Crippen molar-refractivity contribution >= 4 is 0 Å². The largest absolute Gasteiger partial charge is 0.355 e. The third-order valence-corrected chi connectivity index (χ3v) is 4.03. The molecule has 1 aliphatic heterocycles. The van der Waals surface area contributed by atoms with E-state index >= 15 is 0 Å². The Morgan fingerprint density at radius 1 is 1.21 bits per heavy atom. The van der Waals surface area contributed by atoms with Crippen molar-refractivity contribution in [2.24, 2.45) is 0 Å². The summed E-state index contributed by atoms with van der Waals surface area (Å²) in [5.74, 6) is 0. The van der Waals surface area contributed by atoms with Gasteiger partial charge in [0.25, 0.3) is 0 Å². The Morgan fingerprint density at radius 2 is 1.89 bits per heavy atom. The van der Waals surface area contributed by atoms with E-state index in [-0.39, 0.29) is 6.29 Å². The van der Waals surface area contributed by atoms with Gasteiger partial charge in [-0.05, 0) is 24.0 Å². The normalized spacial score (nSPS) is 27.1. The topological polar surface area (TPSA) is 21.5 Å². The van der Waals surface area contributed by atoms with Crippen LogP contribution < -0.4 is 0 Å². The summed E-state index contributed by atoms with van der Waals surface area (Å²) in [6.45, 7) is 4.87. The van der Waals surface area contributed by atoms with E-state index in [0.717, 1.165) is 6.54 Å². The molecule has 0 aromatic heterocycles. The van der Waals surface area contributed by atoms with Crippen LogP contribution in [0.25, 0.3) is 0 Å². The van der Waals surface area contributed by atoms with E-state index in [0.29, 0.717) is 12.1 Å². The van der Waals surface area contributed by atoms with Gasteiger partial charge in [0.15, 0.2) is 6.29 Å². The smallest absolute Gasteiger partial charge is 0.169 e. The Labute approximate surface area is 116 Å². The molecule has 3 atom stereocenters. The summed E-state index contributed by atoms with van der Waals surface area (Å²) in [5.41, 5.74) is 3.03. The standard InChI is InChI=1S/C14H19NO2.C2H6/c1-16-13(17-2)9-15-12-8-7-10-5-3-4-6-11(10)14(12)15;1-2/h3-6,12-14H,7-9H2,1-2H3;1-2H3/t12-,14+,15?;/m0./s1. The number of rotatable bonds is 4. The highest BCUT2D eigenvalue weighted by Crippen LogP contribution is 2.50. The molecule has 2 aliphatic rings. The predicted molar refractivity (Wildman–Crippen MR) is 77.2 cm³/mol. The lowest BCUT2D eigenvalue weighted by atomic mass is 9.92. The first-order valence-electron chi connectivity index (χ1n) is 7.24. The molecule has 0 spiro atoms. The van der Waals surface area contributed by atoms with E-state index in [1.165, 1.54) is 24.0 Å². The van der Waals surface area contributed by atoms with Crippen molar-refractivity contribution in [3.63, 3.8) is 0 Å². The van der Waals surface area contributed by atoms with Crippen LogP contribution in [-0.2, 0) is 15.9 Å². The number of benzene rings is 1. The molecule has 19 heavy (non-hydrogen) atoms. The molecular weight excluding hydrogens is 238 g/mol. The van der Waals surface area contributed by atoms with Crippen LogP contribution in [0.3, 0.4) is 0 Å². The first-order chi connectivity index (χ1) is 9.35. The Kier molecular flexibility index (Phi) is 4.97. The van der Waals surface area contributed by atoms with Crippen LogP contribution >= 0.6 is 0 Å². The summed E-state index contributed by atoms with van der Waals surface area (Å²) >= 11 is 0. The van der Waals surface area contributed by atoms with Crippen LogP contribution in [-0.4, -0.2) is 38.0 Å². The van der Waals surface area contributed by atoms with Gasteiger partial charge in [-0.1, -0.05) is 38.1 Å². The minimum atomic E-state index is -0.104. The molecule has 106 valence electrons. The van der Waals surface area contributed by atoms with Gasteiger partial charge in [-0.3, -0.25) is 4.90 Å². The predicted octanol–water partition coefficient (Wildman–Crippen LogP) is 3.00. The van der Waals surface area contributed by atoms with E-state index in [9.17, 15) is 0 Å². The zero-order valence-electron chi connectivity index (χ0n) is 12.4. The highest BCUT2D eigenvalue weighted by atomic mass is 16.7. The summed E-state index contributed by atoms with van der Waals surface area (Å²) in [5, 5.41) is 0. The fourth-order valence-electron chi connectivity index (χ4n) is 3.06. The third kappa shape index (κ3) is 2.83. The molecular formula is C16H25NO2. The molecule has 1 saturated heterocycles. The van der Waals surface area contributed by atoms with E-state index in [2.05, 4.69) is 29.2 Å². The molecule has 1 aromatic carbocycles. The van der Waals surface area contributed by atoms with E-state index in [4.69, 9.17) is 9.47 Å². The Hall–Kier alpha value is -0.900. The van der Waals surface area contributed by atoms with Crippen LogP contribution in [0, 0.1) is 0 Å². The van der Waals surface area contributed by atoms with Gasteiger partial charge in [0.2, 0.25) is 0 Å². The molecule has 1 heterocycles.